The molecule has 0 radical (unpaired) electrons. The van der Waals surface area contributed by atoms with Gasteiger partial charge in [-0.15, -0.1) is 0 Å². The number of hydrogen-bond donors (Lipinski definition) is 0. The van der Waals surface area contributed by atoms with Gasteiger partial charge in [-0.1, -0.05) is 123 Å². The fraction of sp³-hybridized carbons (Fsp3) is 0.757. The summed E-state index contributed by atoms with van der Waals surface area (Å²) in [6.07, 6.45) is 27.1. The Kier molecular flexibility index (Phi) is 15.4. The second-order valence-electron chi connectivity index (χ2n) is 13.1. The average Bonchev–Trinajstić information content (AvgIpc) is 3.00. The van der Waals surface area contributed by atoms with E-state index in [0.29, 0.717) is 11.5 Å². The van der Waals surface area contributed by atoms with Crippen LogP contribution in [0.15, 0.2) is 12.1 Å². The summed E-state index contributed by atoms with van der Waals surface area (Å²) in [5, 5.41) is 19.9. The van der Waals surface area contributed by atoms with E-state index in [1.54, 1.807) is 6.07 Å². The van der Waals surface area contributed by atoms with Crippen LogP contribution in [0.2, 0.25) is 0 Å². The lowest BCUT2D eigenvalue weighted by atomic mass is 9.77. The Morgan fingerprint density at radius 3 is 1.68 bits per heavy atom. The lowest BCUT2D eigenvalue weighted by Crippen LogP contribution is -2.25. The highest BCUT2D eigenvalue weighted by Crippen LogP contribution is 2.35. The van der Waals surface area contributed by atoms with Gasteiger partial charge in [0.1, 0.15) is 18.2 Å². The molecule has 0 amide bonds. The number of esters is 1. The summed E-state index contributed by atoms with van der Waals surface area (Å²) in [6, 6.07) is 8.05. The first kappa shape index (κ1) is 33.2. The molecule has 1 aromatic rings. The smallest absolute Gasteiger partial charge is 0.339 e. The number of carbonyl (C=O) groups excluding carboxylic acids is 1. The maximum atomic E-state index is 13.1. The molecule has 0 heterocycles. The summed E-state index contributed by atoms with van der Waals surface area (Å²) in [7, 11) is 0. The van der Waals surface area contributed by atoms with Gasteiger partial charge in [0, 0.05) is 0 Å². The summed E-state index contributed by atoms with van der Waals surface area (Å²) in [6.45, 7) is 4.52. The molecule has 0 unspecified atom stereocenters. The predicted octanol–water partition coefficient (Wildman–Crippen LogP) is 10.6. The van der Waals surface area contributed by atoms with Crippen molar-refractivity contribution in [2.45, 2.75) is 161 Å². The van der Waals surface area contributed by atoms with Gasteiger partial charge >= 0.3 is 5.97 Å². The van der Waals surface area contributed by atoms with E-state index in [9.17, 15) is 15.3 Å². The quantitative estimate of drug-likeness (QED) is 0.140. The largest absolute Gasteiger partial charge is 0.459 e. The molecule has 0 bridgehead atoms. The van der Waals surface area contributed by atoms with Crippen molar-refractivity contribution >= 4 is 5.97 Å². The van der Waals surface area contributed by atoms with E-state index in [4.69, 9.17) is 4.74 Å². The minimum Gasteiger partial charge on any atom is -0.459 e. The van der Waals surface area contributed by atoms with Crippen LogP contribution in [0.25, 0.3) is 0 Å². The number of benzene rings is 1. The third kappa shape index (κ3) is 11.1. The van der Waals surface area contributed by atoms with Crippen molar-refractivity contribution in [2.75, 3.05) is 0 Å². The van der Waals surface area contributed by atoms with E-state index in [1.165, 1.54) is 103 Å². The number of unbranched alkanes of at least 4 members (excludes halogenated alkanes) is 8. The summed E-state index contributed by atoms with van der Waals surface area (Å²) in [5.74, 6) is 1.89. The first-order valence-corrected chi connectivity index (χ1v) is 17.3. The Balaban J connectivity index is 1.45. The van der Waals surface area contributed by atoms with E-state index in [0.717, 1.165) is 55.9 Å². The summed E-state index contributed by atoms with van der Waals surface area (Å²) in [4.78, 5) is 13.1. The van der Waals surface area contributed by atoms with Gasteiger partial charge < -0.3 is 4.74 Å². The molecule has 226 valence electrons. The monoisotopic (exact) mass is 560 g/mol. The molecule has 0 aliphatic heterocycles. The minimum absolute atomic E-state index is 0.0814. The molecule has 2 saturated carbocycles. The second kappa shape index (κ2) is 19.0. The fourth-order valence-electron chi connectivity index (χ4n) is 7.26. The Hall–Kier alpha value is -2.33. The molecule has 3 rings (SSSR count). The van der Waals surface area contributed by atoms with E-state index in [-0.39, 0.29) is 17.2 Å². The van der Waals surface area contributed by atoms with Crippen LogP contribution in [0.3, 0.4) is 0 Å². The van der Waals surface area contributed by atoms with Gasteiger partial charge in [-0.3, -0.25) is 0 Å². The van der Waals surface area contributed by atoms with Crippen LogP contribution in [-0.4, -0.2) is 12.1 Å². The van der Waals surface area contributed by atoms with Gasteiger partial charge in [0.15, 0.2) is 0 Å². The lowest BCUT2D eigenvalue weighted by Gasteiger charge is -2.29. The van der Waals surface area contributed by atoms with Gasteiger partial charge in [0.2, 0.25) is 0 Å². The maximum absolute atomic E-state index is 13.1. The summed E-state index contributed by atoms with van der Waals surface area (Å²) >= 11 is 0. The first-order chi connectivity index (χ1) is 20.1. The van der Waals surface area contributed by atoms with Crippen molar-refractivity contribution in [1.82, 2.24) is 0 Å². The Bertz CT molecular complexity index is 987. The van der Waals surface area contributed by atoms with E-state index >= 15 is 0 Å². The number of hydrogen-bond acceptors (Lipinski definition) is 4. The molecule has 41 heavy (non-hydrogen) atoms. The molecule has 0 saturated heterocycles. The highest BCUT2D eigenvalue weighted by atomic mass is 16.5. The molecule has 2 fully saturated rings. The maximum Gasteiger partial charge on any atom is 0.339 e. The van der Waals surface area contributed by atoms with Crippen LogP contribution >= 0.6 is 0 Å². The van der Waals surface area contributed by atoms with Gasteiger partial charge in [-0.05, 0) is 67.9 Å². The topological polar surface area (TPSA) is 73.9 Å². The SMILES string of the molecule is CCCCCCCC1CCC(CCc2ccc(C(=O)OC3CCC(CCCCCCC)CC3)c(C#N)c2C#N)CC1. The number of aryl methyl sites for hydroxylation is 1. The molecular weight excluding hydrogens is 504 g/mol. The van der Waals surface area contributed by atoms with Crippen LogP contribution < -0.4 is 0 Å². The van der Waals surface area contributed by atoms with Crippen LogP contribution in [-0.2, 0) is 11.2 Å². The van der Waals surface area contributed by atoms with Crippen molar-refractivity contribution in [2.24, 2.45) is 17.8 Å². The number of nitrogens with zero attached hydrogens (tertiary/aromatic N) is 2. The molecule has 2 aliphatic carbocycles. The zero-order chi connectivity index (χ0) is 29.3. The Morgan fingerprint density at radius 2 is 1.17 bits per heavy atom. The minimum atomic E-state index is -0.444. The van der Waals surface area contributed by atoms with Gasteiger partial charge in [0.05, 0.1) is 16.7 Å². The van der Waals surface area contributed by atoms with Crippen LogP contribution in [0, 0.1) is 40.4 Å². The van der Waals surface area contributed by atoms with Crippen molar-refractivity contribution in [1.29, 1.82) is 10.5 Å². The predicted molar refractivity (Wildman–Crippen MR) is 168 cm³/mol. The van der Waals surface area contributed by atoms with Gasteiger partial charge in [0.25, 0.3) is 0 Å². The average molecular weight is 561 g/mol. The molecule has 4 nitrogen and oxygen atoms in total. The number of carbonyl (C=O) groups is 1. The molecule has 4 heteroatoms. The third-order valence-corrected chi connectivity index (χ3v) is 10.0. The van der Waals surface area contributed by atoms with Crippen molar-refractivity contribution < 1.29 is 9.53 Å². The summed E-state index contributed by atoms with van der Waals surface area (Å²) in [5.41, 5.74) is 1.72. The Morgan fingerprint density at radius 1 is 0.683 bits per heavy atom. The van der Waals surface area contributed by atoms with Crippen molar-refractivity contribution in [3.8, 4) is 12.1 Å². The van der Waals surface area contributed by atoms with Crippen LogP contribution in [0.5, 0.6) is 0 Å². The number of ether oxygens (including phenoxy) is 1. The summed E-state index contributed by atoms with van der Waals surface area (Å²) < 4.78 is 5.88. The number of nitriles is 2. The molecule has 2 aliphatic rings. The van der Waals surface area contributed by atoms with E-state index in [1.807, 2.05) is 6.07 Å². The Labute approximate surface area is 251 Å². The molecule has 0 aromatic heterocycles. The zero-order valence-electron chi connectivity index (χ0n) is 26.2. The van der Waals surface area contributed by atoms with Crippen LogP contribution in [0.1, 0.15) is 176 Å². The number of rotatable bonds is 17. The fourth-order valence-corrected chi connectivity index (χ4v) is 7.26. The molecule has 0 atom stereocenters. The molecular formula is C37H56N2O2. The van der Waals surface area contributed by atoms with E-state index < -0.39 is 5.97 Å². The highest BCUT2D eigenvalue weighted by Gasteiger charge is 2.27. The zero-order valence-corrected chi connectivity index (χ0v) is 26.2. The van der Waals surface area contributed by atoms with Gasteiger partial charge in [-0.25, -0.2) is 4.79 Å². The third-order valence-electron chi connectivity index (χ3n) is 10.0. The van der Waals surface area contributed by atoms with E-state index in [2.05, 4.69) is 26.0 Å². The molecule has 0 spiro atoms. The molecule has 1 aromatic carbocycles. The van der Waals surface area contributed by atoms with Gasteiger partial charge in [-0.2, -0.15) is 10.5 Å². The second-order valence-corrected chi connectivity index (χ2v) is 13.1. The lowest BCUT2D eigenvalue weighted by molar-refractivity contribution is 0.0160. The normalized spacial score (nSPS) is 22.5. The standard InChI is InChI=1S/C37H56N2O2/c1-3-5-7-9-11-13-29-15-17-31(18-16-29)19-22-32-23-26-34(36(28-39)35(32)27-38)37(40)41-33-24-20-30(21-25-33)14-12-10-8-6-4-2/h23,26,29-31,33H,3-22,24-25H2,1-2H3. The first-order valence-electron chi connectivity index (χ1n) is 17.3. The molecule has 0 N–H and O–H groups in total. The van der Waals surface area contributed by atoms with Crippen LogP contribution in [0.4, 0.5) is 0 Å². The highest BCUT2D eigenvalue weighted by molar-refractivity contribution is 5.93. The van der Waals surface area contributed by atoms with Crippen molar-refractivity contribution in [3.05, 3.63) is 34.4 Å². The van der Waals surface area contributed by atoms with Crippen molar-refractivity contribution in [3.63, 3.8) is 0 Å².